The molecule has 0 bridgehead atoms. The van der Waals surface area contributed by atoms with Crippen LogP contribution in [-0.2, 0) is 16.0 Å². The van der Waals surface area contributed by atoms with Gasteiger partial charge in [0.25, 0.3) is 0 Å². The summed E-state index contributed by atoms with van der Waals surface area (Å²) in [6, 6.07) is 6.95. The van der Waals surface area contributed by atoms with Crippen molar-refractivity contribution in [1.29, 1.82) is 0 Å². The summed E-state index contributed by atoms with van der Waals surface area (Å²) in [7, 11) is -3.48. The second kappa shape index (κ2) is 6.75. The Morgan fingerprint density at radius 3 is 2.54 bits per heavy atom. The molecule has 0 saturated heterocycles. The van der Waals surface area contributed by atoms with Gasteiger partial charge in [-0.2, -0.15) is 13.2 Å². The quantitative estimate of drug-likeness (QED) is 0.755. The predicted molar refractivity (Wildman–Crippen MR) is 93.8 cm³/mol. The van der Waals surface area contributed by atoms with E-state index in [1.165, 1.54) is 18.2 Å². The second-order valence-corrected chi connectivity index (χ2v) is 8.11. The van der Waals surface area contributed by atoms with Crippen LogP contribution in [0.15, 0.2) is 53.6 Å². The fourth-order valence-corrected chi connectivity index (χ4v) is 3.47. The Kier molecular flexibility index (Phi) is 4.79. The highest BCUT2D eigenvalue weighted by Crippen LogP contribution is 2.37. The number of anilines is 1. The Morgan fingerprint density at radius 2 is 1.92 bits per heavy atom. The van der Waals surface area contributed by atoms with Crippen LogP contribution >= 0.6 is 0 Å². The minimum atomic E-state index is -4.53. The maximum Gasteiger partial charge on any atom is 0.417 e. The van der Waals surface area contributed by atoms with E-state index in [2.05, 4.69) is 4.98 Å². The largest absolute Gasteiger partial charge is 0.417 e. The number of alkyl halides is 3. The third-order valence-electron chi connectivity index (χ3n) is 4.12. The van der Waals surface area contributed by atoms with Crippen molar-refractivity contribution in [1.82, 2.24) is 4.98 Å². The summed E-state index contributed by atoms with van der Waals surface area (Å²) in [5.41, 5.74) is -0.217. The van der Waals surface area contributed by atoms with Crippen LogP contribution in [0.25, 0.3) is 11.1 Å². The highest BCUT2D eigenvalue weighted by molar-refractivity contribution is 7.90. The van der Waals surface area contributed by atoms with Crippen LogP contribution < -0.4 is 4.90 Å². The van der Waals surface area contributed by atoms with E-state index in [4.69, 9.17) is 0 Å². The van der Waals surface area contributed by atoms with Crippen LogP contribution in [0, 0.1) is 0 Å². The molecule has 0 aliphatic carbocycles. The Labute approximate surface area is 149 Å². The summed E-state index contributed by atoms with van der Waals surface area (Å²) in [4.78, 5) is 5.99. The molecule has 26 heavy (non-hydrogen) atoms. The fraction of sp³-hybridized carbons (Fsp3) is 0.278. The summed E-state index contributed by atoms with van der Waals surface area (Å²) in [6.45, 7) is 1.17. The summed E-state index contributed by atoms with van der Waals surface area (Å²) >= 11 is 0. The van der Waals surface area contributed by atoms with Crippen molar-refractivity contribution in [2.24, 2.45) is 0 Å². The highest BCUT2D eigenvalue weighted by atomic mass is 32.2. The van der Waals surface area contributed by atoms with E-state index in [1.807, 2.05) is 17.1 Å². The molecule has 0 amide bonds. The molecule has 0 fully saturated rings. The number of sulfone groups is 1. The van der Waals surface area contributed by atoms with Crippen molar-refractivity contribution in [2.75, 3.05) is 24.2 Å². The van der Waals surface area contributed by atoms with Gasteiger partial charge in [-0.3, -0.25) is 0 Å². The van der Waals surface area contributed by atoms with E-state index in [9.17, 15) is 21.6 Å². The molecule has 2 heterocycles. The van der Waals surface area contributed by atoms with E-state index in [0.29, 0.717) is 24.5 Å². The molecule has 1 aromatic carbocycles. The number of halogens is 3. The molecule has 0 N–H and O–H groups in total. The number of benzene rings is 1. The van der Waals surface area contributed by atoms with Gasteiger partial charge in [0.1, 0.15) is 5.82 Å². The van der Waals surface area contributed by atoms with E-state index in [0.717, 1.165) is 24.9 Å². The van der Waals surface area contributed by atoms with E-state index in [-0.39, 0.29) is 10.5 Å². The molecule has 1 aromatic heterocycles. The van der Waals surface area contributed by atoms with Gasteiger partial charge in [0.15, 0.2) is 9.84 Å². The summed E-state index contributed by atoms with van der Waals surface area (Å²) in [5, 5.41) is 0. The highest BCUT2D eigenvalue weighted by Gasteiger charge is 2.32. The van der Waals surface area contributed by atoms with Gasteiger partial charge < -0.3 is 4.90 Å². The van der Waals surface area contributed by atoms with Gasteiger partial charge in [-0.1, -0.05) is 24.3 Å². The molecule has 1 aliphatic rings. The summed E-state index contributed by atoms with van der Waals surface area (Å²) < 4.78 is 63.1. The first-order valence-corrected chi connectivity index (χ1v) is 9.83. The van der Waals surface area contributed by atoms with Crippen molar-refractivity contribution in [3.05, 3.63) is 54.2 Å². The predicted octanol–water partition coefficient (Wildman–Crippen LogP) is 3.94. The van der Waals surface area contributed by atoms with Gasteiger partial charge in [0.2, 0.25) is 0 Å². The normalized spacial score (nSPS) is 15.3. The van der Waals surface area contributed by atoms with E-state index >= 15 is 0 Å². The average molecular weight is 382 g/mol. The van der Waals surface area contributed by atoms with Crippen molar-refractivity contribution < 1.29 is 21.6 Å². The zero-order chi connectivity index (χ0) is 18.9. The maximum absolute atomic E-state index is 13.2. The molecule has 0 radical (unpaired) electrons. The zero-order valence-corrected chi connectivity index (χ0v) is 14.8. The lowest BCUT2D eigenvalue weighted by atomic mass is 10.0. The molecule has 0 atom stereocenters. The molecule has 8 heteroatoms. The van der Waals surface area contributed by atoms with Crippen LogP contribution in [0.5, 0.6) is 0 Å². The molecule has 0 saturated carbocycles. The minimum Gasteiger partial charge on any atom is -0.352 e. The second-order valence-electron chi connectivity index (χ2n) is 6.10. The summed E-state index contributed by atoms with van der Waals surface area (Å²) in [6.07, 6.45) is 2.05. The first-order chi connectivity index (χ1) is 12.2. The smallest absolute Gasteiger partial charge is 0.352 e. The Balaban J connectivity index is 2.18. The fourth-order valence-electron chi connectivity index (χ4n) is 2.80. The molecule has 0 unspecified atom stereocenters. The number of pyridine rings is 1. The van der Waals surface area contributed by atoms with Crippen LogP contribution in [0.2, 0.25) is 0 Å². The number of hydrogen-bond acceptors (Lipinski definition) is 4. The van der Waals surface area contributed by atoms with Crippen molar-refractivity contribution in [3.63, 3.8) is 0 Å². The molecule has 2 aromatic rings. The van der Waals surface area contributed by atoms with E-state index in [1.54, 1.807) is 6.07 Å². The molecule has 1 aliphatic heterocycles. The van der Waals surface area contributed by atoms with Crippen molar-refractivity contribution in [3.8, 4) is 11.1 Å². The summed E-state index contributed by atoms with van der Waals surface area (Å²) in [5.74, 6) is 0.410. The molecular formula is C18H17F3N2O2S. The molecule has 3 rings (SSSR count). The molecular weight excluding hydrogens is 365 g/mol. The topological polar surface area (TPSA) is 50.3 Å². The van der Waals surface area contributed by atoms with Gasteiger partial charge in [-0.15, -0.1) is 0 Å². The SMILES string of the molecule is CS(=O)(=O)c1cccc(-c2cc(C(F)(F)F)cnc2N2CC=CCC2)c1. The van der Waals surface area contributed by atoms with Gasteiger partial charge in [-0.25, -0.2) is 13.4 Å². The van der Waals surface area contributed by atoms with Gasteiger partial charge in [-0.05, 0) is 30.2 Å². The third kappa shape index (κ3) is 3.90. The van der Waals surface area contributed by atoms with Gasteiger partial charge in [0, 0.05) is 31.1 Å². The lowest BCUT2D eigenvalue weighted by Crippen LogP contribution is -2.28. The number of hydrogen-bond donors (Lipinski definition) is 0. The van der Waals surface area contributed by atoms with E-state index < -0.39 is 21.6 Å². The Hall–Kier alpha value is -2.35. The lowest BCUT2D eigenvalue weighted by Gasteiger charge is -2.27. The minimum absolute atomic E-state index is 0.0527. The van der Waals surface area contributed by atoms with Crippen molar-refractivity contribution >= 4 is 15.7 Å². The maximum atomic E-state index is 13.2. The van der Waals surface area contributed by atoms with Crippen molar-refractivity contribution in [2.45, 2.75) is 17.5 Å². The molecule has 0 spiro atoms. The van der Waals surface area contributed by atoms with Gasteiger partial charge in [0.05, 0.1) is 10.5 Å². The number of nitrogens with zero attached hydrogens (tertiary/aromatic N) is 2. The monoisotopic (exact) mass is 382 g/mol. The average Bonchev–Trinajstić information content (AvgIpc) is 2.60. The number of aromatic nitrogens is 1. The van der Waals surface area contributed by atoms with Crippen LogP contribution in [-0.4, -0.2) is 32.7 Å². The lowest BCUT2D eigenvalue weighted by molar-refractivity contribution is -0.137. The number of rotatable bonds is 3. The van der Waals surface area contributed by atoms with Crippen LogP contribution in [0.4, 0.5) is 19.0 Å². The standard InChI is InChI=1S/C18H17F3N2O2S/c1-26(24,25)15-7-5-6-13(10-15)16-11-14(18(19,20)21)12-22-17(16)23-8-3-2-4-9-23/h2-3,5-7,10-12H,4,8-9H2,1H3. The first-order valence-electron chi connectivity index (χ1n) is 7.94. The van der Waals surface area contributed by atoms with Crippen LogP contribution in [0.3, 0.4) is 0 Å². The Bertz CT molecular complexity index is 953. The third-order valence-corrected chi connectivity index (χ3v) is 5.24. The van der Waals surface area contributed by atoms with Gasteiger partial charge >= 0.3 is 6.18 Å². The first kappa shape index (κ1) is 18.4. The zero-order valence-electron chi connectivity index (χ0n) is 14.0. The molecule has 138 valence electrons. The molecule has 4 nitrogen and oxygen atoms in total. The Morgan fingerprint density at radius 1 is 1.15 bits per heavy atom. The van der Waals surface area contributed by atoms with Crippen LogP contribution in [0.1, 0.15) is 12.0 Å².